The number of amides is 1. The average Bonchev–Trinajstić information content (AvgIpc) is 2.50. The summed E-state index contributed by atoms with van der Waals surface area (Å²) < 4.78 is 5.28. The summed E-state index contributed by atoms with van der Waals surface area (Å²) >= 11 is 0. The van der Waals surface area contributed by atoms with Crippen LogP contribution in [0.2, 0.25) is 0 Å². The monoisotopic (exact) mass is 182 g/mol. The number of hydrogen-bond donors (Lipinski definition) is 1. The Bertz CT molecular complexity index is 234. The molecule has 3 unspecified atom stereocenters. The summed E-state index contributed by atoms with van der Waals surface area (Å²) in [6, 6.07) is 1.97. The van der Waals surface area contributed by atoms with Crippen molar-refractivity contribution in [1.29, 1.82) is 5.26 Å². The number of nitriles is 1. The number of nitrogens with one attached hydrogen (secondary N) is 1. The molecule has 1 aliphatic rings. The summed E-state index contributed by atoms with van der Waals surface area (Å²) in [6.45, 7) is 4.21. The molecular formula is C9H14N2O2. The van der Waals surface area contributed by atoms with Gasteiger partial charge >= 0.3 is 0 Å². The van der Waals surface area contributed by atoms with Gasteiger partial charge in [-0.1, -0.05) is 0 Å². The van der Waals surface area contributed by atoms with Gasteiger partial charge in [-0.15, -0.1) is 0 Å². The zero-order valence-electron chi connectivity index (χ0n) is 7.91. The molecule has 0 radical (unpaired) electrons. The molecule has 3 atom stereocenters. The SMILES string of the molecule is CC(C#N)C(=O)NC1CCOC1C. The van der Waals surface area contributed by atoms with Crippen LogP contribution in [0.3, 0.4) is 0 Å². The van der Waals surface area contributed by atoms with Crippen LogP contribution in [0.25, 0.3) is 0 Å². The molecule has 4 nitrogen and oxygen atoms in total. The van der Waals surface area contributed by atoms with Crippen molar-refractivity contribution in [3.05, 3.63) is 0 Å². The molecule has 0 aromatic heterocycles. The maximum atomic E-state index is 11.3. The van der Waals surface area contributed by atoms with Crippen LogP contribution in [0.15, 0.2) is 0 Å². The number of nitrogens with zero attached hydrogens (tertiary/aromatic N) is 1. The van der Waals surface area contributed by atoms with E-state index in [1.165, 1.54) is 0 Å². The number of carbonyl (C=O) groups excluding carboxylic acids is 1. The maximum Gasteiger partial charge on any atom is 0.237 e. The third-order valence-corrected chi connectivity index (χ3v) is 2.29. The van der Waals surface area contributed by atoms with Gasteiger partial charge in [0.25, 0.3) is 0 Å². The molecule has 1 rings (SSSR count). The van der Waals surface area contributed by atoms with Gasteiger partial charge in [0, 0.05) is 6.61 Å². The van der Waals surface area contributed by atoms with Crippen molar-refractivity contribution in [3.8, 4) is 6.07 Å². The van der Waals surface area contributed by atoms with Crippen molar-refractivity contribution >= 4 is 5.91 Å². The molecule has 1 aliphatic heterocycles. The maximum absolute atomic E-state index is 11.3. The molecule has 1 saturated heterocycles. The Balaban J connectivity index is 2.40. The summed E-state index contributed by atoms with van der Waals surface area (Å²) in [5, 5.41) is 11.3. The molecule has 0 spiro atoms. The van der Waals surface area contributed by atoms with Crippen LogP contribution in [-0.2, 0) is 9.53 Å². The summed E-state index contributed by atoms with van der Waals surface area (Å²) in [4.78, 5) is 11.3. The van der Waals surface area contributed by atoms with Gasteiger partial charge in [-0.05, 0) is 20.3 Å². The summed E-state index contributed by atoms with van der Waals surface area (Å²) in [5.74, 6) is -0.780. The van der Waals surface area contributed by atoms with E-state index < -0.39 is 5.92 Å². The molecule has 0 bridgehead atoms. The Morgan fingerprint density at radius 3 is 2.92 bits per heavy atom. The molecule has 1 amide bonds. The molecule has 4 heteroatoms. The Morgan fingerprint density at radius 2 is 2.46 bits per heavy atom. The van der Waals surface area contributed by atoms with E-state index >= 15 is 0 Å². The van der Waals surface area contributed by atoms with Crippen LogP contribution in [0.1, 0.15) is 20.3 Å². The van der Waals surface area contributed by atoms with E-state index in [0.717, 1.165) is 6.42 Å². The fourth-order valence-electron chi connectivity index (χ4n) is 1.29. The second kappa shape index (κ2) is 4.24. The first-order valence-corrected chi connectivity index (χ1v) is 4.46. The lowest BCUT2D eigenvalue weighted by atomic mass is 10.1. The predicted molar refractivity (Wildman–Crippen MR) is 46.7 cm³/mol. The Morgan fingerprint density at radius 1 is 1.77 bits per heavy atom. The fourth-order valence-corrected chi connectivity index (χ4v) is 1.29. The van der Waals surface area contributed by atoms with Crippen LogP contribution in [-0.4, -0.2) is 24.7 Å². The summed E-state index contributed by atoms with van der Waals surface area (Å²) in [7, 11) is 0. The lowest BCUT2D eigenvalue weighted by Crippen LogP contribution is -2.41. The van der Waals surface area contributed by atoms with Crippen molar-refractivity contribution in [1.82, 2.24) is 5.32 Å². The summed E-state index contributed by atoms with van der Waals surface area (Å²) in [6.07, 6.45) is 0.903. The standard InChI is InChI=1S/C9H14N2O2/c1-6(5-10)9(12)11-8-3-4-13-7(8)2/h6-8H,3-4H2,1-2H3,(H,11,12). The third kappa shape index (κ3) is 2.43. The first kappa shape index (κ1) is 10.0. The molecule has 1 heterocycles. The van der Waals surface area contributed by atoms with Gasteiger partial charge in [-0.2, -0.15) is 5.26 Å². The number of carbonyl (C=O) groups is 1. The van der Waals surface area contributed by atoms with E-state index in [4.69, 9.17) is 10.00 Å². The van der Waals surface area contributed by atoms with Gasteiger partial charge in [0.15, 0.2) is 0 Å². The minimum absolute atomic E-state index is 0.0647. The van der Waals surface area contributed by atoms with Gasteiger partial charge in [0.2, 0.25) is 5.91 Å². The quantitative estimate of drug-likeness (QED) is 0.674. The summed E-state index contributed by atoms with van der Waals surface area (Å²) in [5.41, 5.74) is 0. The van der Waals surface area contributed by atoms with Crippen LogP contribution in [0, 0.1) is 17.2 Å². The van der Waals surface area contributed by atoms with Crippen molar-refractivity contribution in [2.45, 2.75) is 32.4 Å². The Kier molecular flexibility index (Phi) is 3.26. The van der Waals surface area contributed by atoms with E-state index in [1.807, 2.05) is 13.0 Å². The molecule has 1 N–H and O–H groups in total. The molecule has 72 valence electrons. The topological polar surface area (TPSA) is 62.1 Å². The first-order valence-electron chi connectivity index (χ1n) is 4.46. The van der Waals surface area contributed by atoms with Crippen molar-refractivity contribution in [2.75, 3.05) is 6.61 Å². The van der Waals surface area contributed by atoms with Gasteiger partial charge in [-0.3, -0.25) is 4.79 Å². The Hall–Kier alpha value is -1.08. The van der Waals surface area contributed by atoms with E-state index in [-0.39, 0.29) is 18.1 Å². The fraction of sp³-hybridized carbons (Fsp3) is 0.778. The molecule has 0 aliphatic carbocycles. The highest BCUT2D eigenvalue weighted by Crippen LogP contribution is 2.12. The minimum atomic E-state index is -0.576. The van der Waals surface area contributed by atoms with Crippen molar-refractivity contribution in [2.24, 2.45) is 5.92 Å². The lowest BCUT2D eigenvalue weighted by molar-refractivity contribution is -0.124. The minimum Gasteiger partial charge on any atom is -0.376 e. The van der Waals surface area contributed by atoms with Crippen LogP contribution in [0.4, 0.5) is 0 Å². The second-order valence-electron chi connectivity index (χ2n) is 3.33. The second-order valence-corrected chi connectivity index (χ2v) is 3.33. The highest BCUT2D eigenvalue weighted by molar-refractivity contribution is 5.80. The van der Waals surface area contributed by atoms with Crippen LogP contribution in [0.5, 0.6) is 0 Å². The van der Waals surface area contributed by atoms with Crippen molar-refractivity contribution in [3.63, 3.8) is 0 Å². The smallest absolute Gasteiger partial charge is 0.237 e. The van der Waals surface area contributed by atoms with E-state index in [2.05, 4.69) is 5.32 Å². The first-order chi connectivity index (χ1) is 6.15. The molecule has 0 aromatic carbocycles. The molecule has 1 fully saturated rings. The molecule has 13 heavy (non-hydrogen) atoms. The normalized spacial score (nSPS) is 29.3. The zero-order valence-corrected chi connectivity index (χ0v) is 7.91. The van der Waals surface area contributed by atoms with E-state index in [1.54, 1.807) is 6.92 Å². The predicted octanol–water partition coefficient (Wildman–Crippen LogP) is 0.440. The van der Waals surface area contributed by atoms with Crippen molar-refractivity contribution < 1.29 is 9.53 Å². The van der Waals surface area contributed by atoms with Gasteiger partial charge in [0.1, 0.15) is 5.92 Å². The highest BCUT2D eigenvalue weighted by Gasteiger charge is 2.26. The average molecular weight is 182 g/mol. The molecule has 0 aromatic rings. The lowest BCUT2D eigenvalue weighted by Gasteiger charge is -2.16. The molecular weight excluding hydrogens is 168 g/mol. The van der Waals surface area contributed by atoms with Gasteiger partial charge in [-0.25, -0.2) is 0 Å². The largest absolute Gasteiger partial charge is 0.376 e. The van der Waals surface area contributed by atoms with E-state index in [0.29, 0.717) is 6.61 Å². The number of ether oxygens (including phenoxy) is 1. The molecule has 0 saturated carbocycles. The van der Waals surface area contributed by atoms with Gasteiger partial charge in [0.05, 0.1) is 18.2 Å². The zero-order chi connectivity index (χ0) is 9.84. The van der Waals surface area contributed by atoms with E-state index in [9.17, 15) is 4.79 Å². The van der Waals surface area contributed by atoms with Crippen LogP contribution >= 0.6 is 0 Å². The highest BCUT2D eigenvalue weighted by atomic mass is 16.5. The Labute approximate surface area is 77.9 Å². The number of rotatable bonds is 2. The van der Waals surface area contributed by atoms with Gasteiger partial charge < -0.3 is 10.1 Å². The number of hydrogen-bond acceptors (Lipinski definition) is 3. The van der Waals surface area contributed by atoms with Crippen LogP contribution < -0.4 is 5.32 Å². The third-order valence-electron chi connectivity index (χ3n) is 2.29.